The van der Waals surface area contributed by atoms with Crippen molar-refractivity contribution in [2.24, 2.45) is 0 Å². The third-order valence-corrected chi connectivity index (χ3v) is 0.894. The van der Waals surface area contributed by atoms with Gasteiger partial charge in [-0.15, -0.1) is 0 Å². The second kappa shape index (κ2) is 9.47. The van der Waals surface area contributed by atoms with E-state index in [1.807, 2.05) is 0 Å². The number of aliphatic hydroxyl groups excluding tert-OH is 1. The number of carbonyl (C=O) groups is 2. The summed E-state index contributed by atoms with van der Waals surface area (Å²) in [5.74, 6) is -3.05. The van der Waals surface area contributed by atoms with E-state index in [-0.39, 0.29) is 51.2 Å². The Labute approximate surface area is 100 Å². The van der Waals surface area contributed by atoms with Crippen LogP contribution in [0.15, 0.2) is 0 Å². The Morgan fingerprint density at radius 2 is 1.67 bits per heavy atom. The number of aliphatic hydroxyl groups is 1. The molecular weight excluding hydrogens is 356 g/mol. The van der Waals surface area contributed by atoms with Crippen molar-refractivity contribution in [1.82, 2.24) is 0 Å². The maximum Gasteiger partial charge on any atom is 1.00 e. The number of carboxylic acids is 2. The summed E-state index contributed by atoms with van der Waals surface area (Å²) in [5.41, 5.74) is 0. The van der Waals surface area contributed by atoms with Crippen LogP contribution >= 0.6 is 0 Å². The van der Waals surface area contributed by atoms with Gasteiger partial charge in [0.1, 0.15) is 0 Å². The molecule has 12 heavy (non-hydrogen) atoms. The van der Waals surface area contributed by atoms with Crippen LogP contribution in [-0.4, -0.2) is 23.1 Å². The molecule has 0 aliphatic heterocycles. The van der Waals surface area contributed by atoms with Gasteiger partial charge in [0.05, 0.1) is 12.1 Å². The third-order valence-electron chi connectivity index (χ3n) is 0.894. The van der Waals surface area contributed by atoms with E-state index in [1.165, 1.54) is 0 Å². The first-order valence-electron chi connectivity index (χ1n) is 2.63. The molecule has 5 nitrogen and oxygen atoms in total. The number of aliphatic carboxylic acids is 2. The summed E-state index contributed by atoms with van der Waals surface area (Å²) < 4.78 is 0. The molecule has 1 atom stereocenters. The van der Waals surface area contributed by atoms with E-state index in [2.05, 4.69) is 0 Å². The Morgan fingerprint density at radius 1 is 1.25 bits per heavy atom. The largest absolute Gasteiger partial charge is 1.00 e. The summed E-state index contributed by atoms with van der Waals surface area (Å²) in [6.07, 6.45) is -2.56. The zero-order valence-electron chi connectivity index (χ0n) is 5.67. The minimum atomic E-state index is -1.71. The first-order chi connectivity index (χ1) is 4.54. The fourth-order valence-corrected chi connectivity index (χ4v) is 0.372. The molecule has 0 aliphatic rings. The average Bonchev–Trinajstić information content (AvgIpc) is 1.82. The van der Waals surface area contributed by atoms with Crippen LogP contribution in [0.3, 0.4) is 0 Å². The molecular formula is C5H6Ag2O5. The fraction of sp³-hybridized carbons (Fsp3) is 0.600. The number of rotatable bonds is 4. The second-order valence-electron chi connectivity index (χ2n) is 1.75. The van der Waals surface area contributed by atoms with Crippen LogP contribution in [-0.2, 0) is 54.3 Å². The first kappa shape index (κ1) is 18.2. The van der Waals surface area contributed by atoms with Gasteiger partial charge < -0.3 is 24.9 Å². The van der Waals surface area contributed by atoms with Gasteiger partial charge in [-0.05, 0) is 12.8 Å². The molecule has 0 radical (unpaired) electrons. The number of carboxylic acid groups (broad SMARTS) is 2. The van der Waals surface area contributed by atoms with Gasteiger partial charge >= 0.3 is 44.8 Å². The van der Waals surface area contributed by atoms with Crippen molar-refractivity contribution in [1.29, 1.82) is 0 Å². The number of hydrogen-bond donors (Lipinski definition) is 1. The maximum atomic E-state index is 9.74. The van der Waals surface area contributed by atoms with Crippen molar-refractivity contribution in [3.8, 4) is 0 Å². The number of carbonyl (C=O) groups excluding carboxylic acids is 2. The summed E-state index contributed by atoms with van der Waals surface area (Å²) in [6.45, 7) is 0. The van der Waals surface area contributed by atoms with Gasteiger partial charge in [-0.1, -0.05) is 0 Å². The number of hydrogen-bond acceptors (Lipinski definition) is 5. The summed E-state index contributed by atoms with van der Waals surface area (Å²) >= 11 is 0. The molecule has 0 amide bonds. The molecule has 0 aliphatic carbocycles. The Morgan fingerprint density at radius 3 is 1.92 bits per heavy atom. The predicted octanol–water partition coefficient (Wildman–Crippen LogP) is -3.38. The van der Waals surface area contributed by atoms with Crippen molar-refractivity contribution in [2.45, 2.75) is 18.9 Å². The molecule has 0 fully saturated rings. The van der Waals surface area contributed by atoms with Crippen molar-refractivity contribution >= 4 is 11.9 Å². The Kier molecular flexibility index (Phi) is 14.4. The monoisotopic (exact) mass is 360 g/mol. The van der Waals surface area contributed by atoms with Gasteiger partial charge in [-0.25, -0.2) is 0 Å². The quantitative estimate of drug-likeness (QED) is 0.527. The first-order valence-corrected chi connectivity index (χ1v) is 2.63. The molecule has 0 aromatic rings. The van der Waals surface area contributed by atoms with Crippen LogP contribution in [0.1, 0.15) is 12.8 Å². The van der Waals surface area contributed by atoms with Gasteiger partial charge in [0, 0.05) is 5.97 Å². The molecule has 0 heterocycles. The van der Waals surface area contributed by atoms with E-state index in [4.69, 9.17) is 5.11 Å². The Bertz CT molecular complexity index is 149. The van der Waals surface area contributed by atoms with E-state index in [0.717, 1.165) is 0 Å². The molecule has 0 aromatic carbocycles. The van der Waals surface area contributed by atoms with Crippen LogP contribution in [0.25, 0.3) is 0 Å². The van der Waals surface area contributed by atoms with Gasteiger partial charge in [-0.2, -0.15) is 0 Å². The molecule has 7 heteroatoms. The van der Waals surface area contributed by atoms with E-state index in [0.29, 0.717) is 0 Å². The van der Waals surface area contributed by atoms with E-state index < -0.39 is 24.5 Å². The molecule has 0 rings (SSSR count). The maximum absolute atomic E-state index is 9.74. The van der Waals surface area contributed by atoms with Crippen LogP contribution < -0.4 is 10.2 Å². The van der Waals surface area contributed by atoms with Crippen molar-refractivity contribution in [3.05, 3.63) is 0 Å². The van der Waals surface area contributed by atoms with E-state index in [9.17, 15) is 19.8 Å². The van der Waals surface area contributed by atoms with Crippen molar-refractivity contribution in [3.63, 3.8) is 0 Å². The molecule has 0 spiro atoms. The van der Waals surface area contributed by atoms with E-state index >= 15 is 0 Å². The molecule has 0 aromatic heterocycles. The minimum Gasteiger partial charge on any atom is -0.550 e. The standard InChI is InChI=1S/C5H8O5.2Ag/c6-3(5(9)10)1-2-4(7)8;;/h3,6H,1-2H2,(H,7,8)(H,9,10);;/q;2*+1/p-2. The Balaban J connectivity index is -0.000000405. The zero-order valence-corrected chi connectivity index (χ0v) is 8.64. The topological polar surface area (TPSA) is 100 Å². The van der Waals surface area contributed by atoms with E-state index in [1.54, 1.807) is 0 Å². The molecule has 0 saturated heterocycles. The zero-order chi connectivity index (χ0) is 8.15. The summed E-state index contributed by atoms with van der Waals surface area (Å²) in [5, 5.41) is 27.9. The molecule has 78 valence electrons. The fourth-order valence-electron chi connectivity index (χ4n) is 0.372. The van der Waals surface area contributed by atoms with Crippen LogP contribution in [0.4, 0.5) is 0 Å². The van der Waals surface area contributed by atoms with Gasteiger partial charge in [0.25, 0.3) is 0 Å². The van der Waals surface area contributed by atoms with Crippen LogP contribution in [0.2, 0.25) is 0 Å². The third kappa shape index (κ3) is 10.4. The molecule has 1 N–H and O–H groups in total. The summed E-state index contributed by atoms with van der Waals surface area (Å²) in [4.78, 5) is 19.4. The normalized spacial score (nSPS) is 10.4. The van der Waals surface area contributed by atoms with Gasteiger partial charge in [0.15, 0.2) is 0 Å². The van der Waals surface area contributed by atoms with Crippen molar-refractivity contribution in [2.75, 3.05) is 0 Å². The van der Waals surface area contributed by atoms with Gasteiger partial charge in [0.2, 0.25) is 0 Å². The molecule has 1 unspecified atom stereocenters. The molecule has 0 bridgehead atoms. The Hall–Kier alpha value is 0.381. The molecule has 0 saturated carbocycles. The van der Waals surface area contributed by atoms with Gasteiger partial charge in [-0.3, -0.25) is 0 Å². The predicted molar refractivity (Wildman–Crippen MR) is 25.3 cm³/mol. The smallest absolute Gasteiger partial charge is 0.550 e. The summed E-state index contributed by atoms with van der Waals surface area (Å²) in [7, 11) is 0. The average molecular weight is 362 g/mol. The van der Waals surface area contributed by atoms with Crippen LogP contribution in [0.5, 0.6) is 0 Å². The SMILES string of the molecule is O=C([O-])CCC(O)C(=O)[O-].[Ag+].[Ag+]. The van der Waals surface area contributed by atoms with Crippen LogP contribution in [0, 0.1) is 0 Å². The van der Waals surface area contributed by atoms with Crippen molar-refractivity contribution < 1.29 is 69.7 Å². The second-order valence-corrected chi connectivity index (χ2v) is 1.75. The minimum absolute atomic E-state index is 0. The summed E-state index contributed by atoms with van der Waals surface area (Å²) in [6, 6.07) is 0.